The SMILES string of the molecule is O=C(O)C1CCC(CNc2c([N+](=O)[O-])ccc(F)c2F)O1. The third-order valence-corrected chi connectivity index (χ3v) is 3.16. The van der Waals surface area contributed by atoms with Gasteiger partial charge in [-0.1, -0.05) is 0 Å². The molecule has 7 nitrogen and oxygen atoms in total. The first-order valence-electron chi connectivity index (χ1n) is 6.14. The van der Waals surface area contributed by atoms with E-state index in [9.17, 15) is 23.7 Å². The van der Waals surface area contributed by atoms with Crippen molar-refractivity contribution in [3.05, 3.63) is 33.9 Å². The molecule has 1 aliphatic heterocycles. The number of anilines is 1. The summed E-state index contributed by atoms with van der Waals surface area (Å²) in [6.07, 6.45) is -0.762. The molecule has 0 saturated carbocycles. The van der Waals surface area contributed by atoms with Crippen LogP contribution in [0.25, 0.3) is 0 Å². The van der Waals surface area contributed by atoms with E-state index in [1.54, 1.807) is 0 Å². The van der Waals surface area contributed by atoms with E-state index in [2.05, 4.69) is 5.32 Å². The maximum Gasteiger partial charge on any atom is 0.332 e. The number of carboxylic acid groups (broad SMARTS) is 1. The van der Waals surface area contributed by atoms with Gasteiger partial charge < -0.3 is 15.2 Å². The van der Waals surface area contributed by atoms with Crippen LogP contribution in [0.1, 0.15) is 12.8 Å². The first-order valence-corrected chi connectivity index (χ1v) is 6.14. The zero-order chi connectivity index (χ0) is 15.6. The minimum absolute atomic E-state index is 0.0506. The fourth-order valence-electron chi connectivity index (χ4n) is 2.11. The molecule has 2 atom stereocenters. The van der Waals surface area contributed by atoms with Crippen molar-refractivity contribution in [3.8, 4) is 0 Å². The molecule has 114 valence electrons. The van der Waals surface area contributed by atoms with Crippen molar-refractivity contribution in [2.75, 3.05) is 11.9 Å². The Morgan fingerprint density at radius 2 is 2.19 bits per heavy atom. The van der Waals surface area contributed by atoms with Crippen molar-refractivity contribution in [2.45, 2.75) is 25.0 Å². The molecule has 1 heterocycles. The van der Waals surface area contributed by atoms with Crippen molar-refractivity contribution in [2.24, 2.45) is 0 Å². The van der Waals surface area contributed by atoms with Gasteiger partial charge >= 0.3 is 5.97 Å². The third-order valence-electron chi connectivity index (χ3n) is 3.16. The van der Waals surface area contributed by atoms with Gasteiger partial charge in [-0.15, -0.1) is 0 Å². The van der Waals surface area contributed by atoms with Gasteiger partial charge in [-0.25, -0.2) is 13.6 Å². The highest BCUT2D eigenvalue weighted by atomic mass is 19.2. The Morgan fingerprint density at radius 3 is 2.76 bits per heavy atom. The second kappa shape index (κ2) is 6.00. The van der Waals surface area contributed by atoms with Gasteiger partial charge in [0.1, 0.15) is 0 Å². The number of carbonyl (C=O) groups is 1. The lowest BCUT2D eigenvalue weighted by Crippen LogP contribution is -2.25. The van der Waals surface area contributed by atoms with Gasteiger partial charge in [0.25, 0.3) is 5.69 Å². The van der Waals surface area contributed by atoms with Crippen LogP contribution in [0, 0.1) is 21.7 Å². The van der Waals surface area contributed by atoms with Crippen LogP contribution in [0.15, 0.2) is 12.1 Å². The molecule has 21 heavy (non-hydrogen) atoms. The molecule has 1 saturated heterocycles. The summed E-state index contributed by atoms with van der Waals surface area (Å²) in [5, 5.41) is 22.0. The van der Waals surface area contributed by atoms with Gasteiger partial charge in [-0.2, -0.15) is 0 Å². The predicted octanol–water partition coefficient (Wildman–Crippen LogP) is 1.92. The summed E-state index contributed by atoms with van der Waals surface area (Å²) in [4.78, 5) is 20.7. The summed E-state index contributed by atoms with van der Waals surface area (Å²) >= 11 is 0. The molecule has 1 aliphatic rings. The molecule has 0 amide bonds. The van der Waals surface area contributed by atoms with Gasteiger partial charge in [-0.05, 0) is 18.9 Å². The molecule has 2 N–H and O–H groups in total. The van der Waals surface area contributed by atoms with Crippen molar-refractivity contribution in [3.63, 3.8) is 0 Å². The maximum absolute atomic E-state index is 13.6. The fraction of sp³-hybridized carbons (Fsp3) is 0.417. The number of nitrogens with one attached hydrogen (secondary N) is 1. The molecule has 0 bridgehead atoms. The first kappa shape index (κ1) is 15.1. The van der Waals surface area contributed by atoms with E-state index in [4.69, 9.17) is 9.84 Å². The number of nitro benzene ring substituents is 1. The van der Waals surface area contributed by atoms with Gasteiger partial charge in [0, 0.05) is 12.6 Å². The lowest BCUT2D eigenvalue weighted by Gasteiger charge is -2.14. The van der Waals surface area contributed by atoms with Crippen LogP contribution in [-0.2, 0) is 9.53 Å². The summed E-state index contributed by atoms with van der Waals surface area (Å²) in [6, 6.07) is 1.53. The van der Waals surface area contributed by atoms with Crippen molar-refractivity contribution in [1.29, 1.82) is 0 Å². The monoisotopic (exact) mass is 302 g/mol. The van der Waals surface area contributed by atoms with Crippen molar-refractivity contribution < 1.29 is 28.3 Å². The maximum atomic E-state index is 13.6. The lowest BCUT2D eigenvalue weighted by molar-refractivity contribution is -0.384. The highest BCUT2D eigenvalue weighted by molar-refractivity contribution is 5.72. The fourth-order valence-corrected chi connectivity index (χ4v) is 2.11. The summed E-state index contributed by atoms with van der Waals surface area (Å²) < 4.78 is 31.9. The summed E-state index contributed by atoms with van der Waals surface area (Å²) in [6.45, 7) is -0.0506. The van der Waals surface area contributed by atoms with E-state index in [-0.39, 0.29) is 6.54 Å². The Balaban J connectivity index is 2.08. The zero-order valence-electron chi connectivity index (χ0n) is 10.7. The molecule has 1 aromatic rings. The molecule has 2 rings (SSSR count). The van der Waals surface area contributed by atoms with E-state index in [0.717, 1.165) is 6.07 Å². The number of hydrogen-bond acceptors (Lipinski definition) is 5. The number of rotatable bonds is 5. The molecule has 0 radical (unpaired) electrons. The minimum Gasteiger partial charge on any atom is -0.479 e. The summed E-state index contributed by atoms with van der Waals surface area (Å²) in [5.41, 5.74) is -1.16. The molecular formula is C12H12F2N2O5. The Morgan fingerprint density at radius 1 is 1.48 bits per heavy atom. The van der Waals surface area contributed by atoms with Crippen molar-refractivity contribution in [1.82, 2.24) is 0 Å². The number of nitro groups is 1. The number of hydrogen-bond donors (Lipinski definition) is 2. The average molecular weight is 302 g/mol. The molecule has 0 aliphatic carbocycles. The summed E-state index contributed by atoms with van der Waals surface area (Å²) in [7, 11) is 0. The molecule has 1 fully saturated rings. The Bertz CT molecular complexity index is 581. The van der Waals surface area contributed by atoms with E-state index in [1.807, 2.05) is 0 Å². The average Bonchev–Trinajstić information content (AvgIpc) is 2.89. The number of ether oxygens (including phenoxy) is 1. The van der Waals surface area contributed by atoms with E-state index in [0.29, 0.717) is 18.9 Å². The Labute approximate surface area is 117 Å². The van der Waals surface area contributed by atoms with Crippen LogP contribution in [0.3, 0.4) is 0 Å². The van der Waals surface area contributed by atoms with Crippen LogP contribution >= 0.6 is 0 Å². The molecule has 9 heteroatoms. The van der Waals surface area contributed by atoms with Crippen molar-refractivity contribution >= 4 is 17.3 Å². The third kappa shape index (κ3) is 3.24. The topological polar surface area (TPSA) is 102 Å². The van der Waals surface area contributed by atoms with Crippen LogP contribution in [0.5, 0.6) is 0 Å². The van der Waals surface area contributed by atoms with Crippen LogP contribution in [0.2, 0.25) is 0 Å². The van der Waals surface area contributed by atoms with E-state index < -0.39 is 46.1 Å². The van der Waals surface area contributed by atoms with Gasteiger partial charge in [-0.3, -0.25) is 10.1 Å². The van der Waals surface area contributed by atoms with Crippen LogP contribution in [-0.4, -0.2) is 34.8 Å². The standard InChI is InChI=1S/C12H12F2N2O5/c13-7-2-3-8(16(19)20)11(10(7)14)15-5-6-1-4-9(21-6)12(17)18/h2-3,6,9,15H,1,4-5H2,(H,17,18). The van der Waals surface area contributed by atoms with Gasteiger partial charge in [0.05, 0.1) is 11.0 Å². The minimum atomic E-state index is -1.35. The summed E-state index contributed by atoms with van der Waals surface area (Å²) in [5.74, 6) is -3.66. The number of carboxylic acids is 1. The smallest absolute Gasteiger partial charge is 0.332 e. The molecule has 2 unspecified atom stereocenters. The van der Waals surface area contributed by atoms with Crippen LogP contribution < -0.4 is 5.32 Å². The Hall–Kier alpha value is -2.29. The van der Waals surface area contributed by atoms with Crippen LogP contribution in [0.4, 0.5) is 20.2 Å². The molecular weight excluding hydrogens is 290 g/mol. The van der Waals surface area contributed by atoms with Gasteiger partial charge in [0.15, 0.2) is 23.4 Å². The molecule has 0 aromatic heterocycles. The lowest BCUT2D eigenvalue weighted by atomic mass is 10.2. The first-order chi connectivity index (χ1) is 9.90. The molecule has 1 aromatic carbocycles. The second-order valence-corrected chi connectivity index (χ2v) is 4.56. The highest BCUT2D eigenvalue weighted by Crippen LogP contribution is 2.30. The number of aliphatic carboxylic acids is 1. The number of benzene rings is 1. The number of nitrogens with zero attached hydrogens (tertiary/aromatic N) is 1. The Kier molecular flexibility index (Phi) is 4.32. The van der Waals surface area contributed by atoms with E-state index in [1.165, 1.54) is 0 Å². The second-order valence-electron chi connectivity index (χ2n) is 4.56. The quantitative estimate of drug-likeness (QED) is 0.636. The van der Waals surface area contributed by atoms with E-state index >= 15 is 0 Å². The largest absolute Gasteiger partial charge is 0.479 e. The van der Waals surface area contributed by atoms with Gasteiger partial charge in [0.2, 0.25) is 0 Å². The predicted molar refractivity (Wildman–Crippen MR) is 67.0 cm³/mol. The normalized spacial score (nSPS) is 21.2. The molecule has 0 spiro atoms. The number of halogens is 2. The zero-order valence-corrected chi connectivity index (χ0v) is 10.7. The highest BCUT2D eigenvalue weighted by Gasteiger charge is 2.31.